The Balaban J connectivity index is 1.20. The van der Waals surface area contributed by atoms with Gasteiger partial charge in [0.25, 0.3) is 0 Å². The Labute approximate surface area is 265 Å². The van der Waals surface area contributed by atoms with Crippen molar-refractivity contribution in [2.45, 2.75) is 58.8 Å². The van der Waals surface area contributed by atoms with Crippen molar-refractivity contribution in [3.05, 3.63) is 71.1 Å². The van der Waals surface area contributed by atoms with Crippen molar-refractivity contribution in [1.29, 1.82) is 0 Å². The molecule has 5 aromatic heterocycles. The molecular weight excluding hydrogens is 642 g/mol. The average molecular weight is 671 g/mol. The first-order valence-electron chi connectivity index (χ1n) is 14.4. The molecule has 228 valence electrons. The van der Waals surface area contributed by atoms with Gasteiger partial charge in [0.05, 0.1) is 24.0 Å². The summed E-state index contributed by atoms with van der Waals surface area (Å²) in [6.07, 6.45) is 9.24. The number of ketones is 1. The van der Waals surface area contributed by atoms with Crippen LogP contribution in [-0.4, -0.2) is 79.1 Å². The number of amides is 2. The lowest BCUT2D eigenvalue weighted by atomic mass is 9.99. The number of fused-ring (bicyclic) bond motifs is 2. The van der Waals surface area contributed by atoms with E-state index in [1.807, 2.05) is 13.0 Å². The predicted octanol–water partition coefficient (Wildman–Crippen LogP) is 3.16. The number of aryl methyl sites for hydroxylation is 2. The lowest BCUT2D eigenvalue weighted by Gasteiger charge is -2.27. The quantitative estimate of drug-likeness (QED) is 0.191. The van der Waals surface area contributed by atoms with E-state index in [9.17, 15) is 14.4 Å². The van der Waals surface area contributed by atoms with E-state index in [1.54, 1.807) is 53.6 Å². The SMILES string of the molecule is CC(=O)c1nn(CC(=O)N2[C@H](C(=O)Nc3nc(Br)ccc3C)C[C@@]3(Cn4cncn4)C[C@@H]23)c2cnc(-c3cnc(C)nc3)cc12. The summed E-state index contributed by atoms with van der Waals surface area (Å²) < 4.78 is 3.82. The van der Waals surface area contributed by atoms with Gasteiger partial charge in [-0.3, -0.25) is 28.7 Å². The number of nitrogens with zero attached hydrogens (tertiary/aromatic N) is 10. The molecule has 7 rings (SSSR count). The van der Waals surface area contributed by atoms with Crippen LogP contribution in [0.2, 0.25) is 0 Å². The van der Waals surface area contributed by atoms with Crippen molar-refractivity contribution < 1.29 is 14.4 Å². The summed E-state index contributed by atoms with van der Waals surface area (Å²) in [4.78, 5) is 63.7. The molecule has 2 fully saturated rings. The van der Waals surface area contributed by atoms with E-state index < -0.39 is 6.04 Å². The Hall–Kier alpha value is -4.92. The summed E-state index contributed by atoms with van der Waals surface area (Å²) in [6.45, 7) is 5.45. The summed E-state index contributed by atoms with van der Waals surface area (Å²) >= 11 is 3.37. The van der Waals surface area contributed by atoms with Crippen LogP contribution in [0.4, 0.5) is 5.82 Å². The number of nitrogens with one attached hydrogen (secondary N) is 1. The van der Waals surface area contributed by atoms with E-state index in [1.165, 1.54) is 17.9 Å². The van der Waals surface area contributed by atoms with Crippen LogP contribution in [0.5, 0.6) is 0 Å². The van der Waals surface area contributed by atoms with E-state index >= 15 is 0 Å². The van der Waals surface area contributed by atoms with Gasteiger partial charge in [0, 0.05) is 41.7 Å². The molecule has 2 amide bonds. The number of halogens is 1. The van der Waals surface area contributed by atoms with Gasteiger partial charge in [-0.2, -0.15) is 10.2 Å². The number of piperidine rings is 1. The number of Topliss-reactive ketones (excluding diaryl/α,β-unsaturated/α-hetero) is 1. The molecule has 0 spiro atoms. The average Bonchev–Trinajstić information content (AvgIpc) is 3.34. The minimum Gasteiger partial charge on any atom is -0.325 e. The Kier molecular flexibility index (Phi) is 6.99. The molecule has 0 aromatic carbocycles. The number of aromatic nitrogens is 9. The highest BCUT2D eigenvalue weighted by molar-refractivity contribution is 9.10. The van der Waals surface area contributed by atoms with Crippen LogP contribution in [0.15, 0.2) is 54.0 Å². The van der Waals surface area contributed by atoms with Crippen molar-refractivity contribution >= 4 is 50.2 Å². The minimum atomic E-state index is -0.736. The molecule has 1 aliphatic carbocycles. The van der Waals surface area contributed by atoms with E-state index in [4.69, 9.17) is 0 Å². The molecule has 0 radical (unpaired) electrons. The van der Waals surface area contributed by atoms with Gasteiger partial charge in [0.1, 0.15) is 47.2 Å². The zero-order chi connectivity index (χ0) is 31.5. The van der Waals surface area contributed by atoms with E-state index in [0.717, 1.165) is 12.0 Å². The van der Waals surface area contributed by atoms with Gasteiger partial charge in [-0.1, -0.05) is 6.07 Å². The monoisotopic (exact) mass is 669 g/mol. The summed E-state index contributed by atoms with van der Waals surface area (Å²) in [5.74, 6) is 0.218. The van der Waals surface area contributed by atoms with Crippen LogP contribution in [0.1, 0.15) is 41.6 Å². The van der Waals surface area contributed by atoms with E-state index in [-0.39, 0.29) is 41.3 Å². The molecule has 1 N–H and O–H groups in total. The van der Waals surface area contributed by atoms with Crippen LogP contribution < -0.4 is 5.32 Å². The van der Waals surface area contributed by atoms with Gasteiger partial charge in [-0.25, -0.2) is 19.9 Å². The fraction of sp³-hybridized carbons (Fsp3) is 0.333. The molecule has 0 bridgehead atoms. The van der Waals surface area contributed by atoms with Gasteiger partial charge in [-0.15, -0.1) is 0 Å². The molecule has 45 heavy (non-hydrogen) atoms. The Morgan fingerprint density at radius 2 is 1.89 bits per heavy atom. The normalized spacial score (nSPS) is 20.3. The molecule has 3 atom stereocenters. The second-order valence-electron chi connectivity index (χ2n) is 11.7. The zero-order valence-electron chi connectivity index (χ0n) is 24.7. The largest absolute Gasteiger partial charge is 0.325 e. The van der Waals surface area contributed by atoms with Crippen molar-refractivity contribution in [3.8, 4) is 11.3 Å². The summed E-state index contributed by atoms with van der Waals surface area (Å²) in [5, 5.41) is 12.3. The first-order chi connectivity index (χ1) is 21.6. The highest BCUT2D eigenvalue weighted by Crippen LogP contribution is 2.60. The van der Waals surface area contributed by atoms with Crippen LogP contribution in [-0.2, 0) is 22.7 Å². The summed E-state index contributed by atoms with van der Waals surface area (Å²) in [6, 6.07) is 4.52. The van der Waals surface area contributed by atoms with Crippen LogP contribution >= 0.6 is 15.9 Å². The van der Waals surface area contributed by atoms with Crippen LogP contribution in [0.3, 0.4) is 0 Å². The number of rotatable bonds is 8. The molecule has 0 unspecified atom stereocenters. The van der Waals surface area contributed by atoms with Gasteiger partial charge in [-0.05, 0) is 60.3 Å². The fourth-order valence-corrected chi connectivity index (χ4v) is 6.56. The Morgan fingerprint density at radius 3 is 2.62 bits per heavy atom. The molecule has 14 nitrogen and oxygen atoms in total. The zero-order valence-corrected chi connectivity index (χ0v) is 26.3. The van der Waals surface area contributed by atoms with Gasteiger partial charge >= 0.3 is 0 Å². The highest BCUT2D eigenvalue weighted by atomic mass is 79.9. The molecule has 1 saturated heterocycles. The number of likely N-dealkylation sites (tertiary alicyclic amines) is 1. The van der Waals surface area contributed by atoms with Crippen LogP contribution in [0.25, 0.3) is 22.2 Å². The molecule has 1 aliphatic heterocycles. The molecule has 2 aliphatic rings. The maximum atomic E-state index is 14.1. The lowest BCUT2D eigenvalue weighted by Crippen LogP contribution is -2.47. The fourth-order valence-electron chi connectivity index (χ4n) is 6.25. The molecule has 6 heterocycles. The summed E-state index contributed by atoms with van der Waals surface area (Å²) in [5.41, 5.74) is 2.53. The number of anilines is 1. The smallest absolute Gasteiger partial charge is 0.248 e. The first kappa shape index (κ1) is 28.8. The molecule has 15 heteroatoms. The number of hydrogen-bond donors (Lipinski definition) is 1. The topological polar surface area (TPSA) is 167 Å². The van der Waals surface area contributed by atoms with E-state index in [0.29, 0.717) is 51.4 Å². The molecular formula is C30H28BrN11O3. The van der Waals surface area contributed by atoms with Crippen molar-refractivity contribution in [2.75, 3.05) is 5.32 Å². The Bertz CT molecular complexity index is 1980. The molecule has 1 saturated carbocycles. The van der Waals surface area contributed by atoms with Crippen molar-refractivity contribution in [1.82, 2.24) is 49.4 Å². The van der Waals surface area contributed by atoms with Crippen molar-refractivity contribution in [3.63, 3.8) is 0 Å². The van der Waals surface area contributed by atoms with Gasteiger partial charge < -0.3 is 10.2 Å². The Morgan fingerprint density at radius 1 is 1.09 bits per heavy atom. The number of pyridine rings is 2. The van der Waals surface area contributed by atoms with Gasteiger partial charge in [0.2, 0.25) is 11.8 Å². The molecule has 5 aromatic rings. The third-order valence-electron chi connectivity index (χ3n) is 8.59. The maximum Gasteiger partial charge on any atom is 0.248 e. The second-order valence-corrected chi connectivity index (χ2v) is 12.5. The van der Waals surface area contributed by atoms with E-state index in [2.05, 4.69) is 56.4 Å². The predicted molar refractivity (Wildman–Crippen MR) is 165 cm³/mol. The maximum absolute atomic E-state index is 14.1. The third kappa shape index (κ3) is 5.26. The minimum absolute atomic E-state index is 0.165. The third-order valence-corrected chi connectivity index (χ3v) is 9.03. The van der Waals surface area contributed by atoms with Gasteiger partial charge in [0.15, 0.2) is 5.78 Å². The lowest BCUT2D eigenvalue weighted by molar-refractivity contribution is -0.138. The second kappa shape index (κ2) is 10.9. The standard InChI is InChI=1S/C30H28BrN11O3/c1-16-4-5-25(31)37-28(16)38-29(45)22-7-30(13-40-15-32-14-36-40)8-24(30)42(22)26(44)12-41-23-11-35-21(19-9-33-18(3)34-10-19)6-20(23)27(39-41)17(2)43/h4-6,9-11,14-15,22,24H,7-8,12-13H2,1-3H3,(H,37,38,45)/t22-,24+,30-/m0/s1. The summed E-state index contributed by atoms with van der Waals surface area (Å²) in [7, 11) is 0. The number of hydrogen-bond acceptors (Lipinski definition) is 10. The number of carbonyl (C=O) groups excluding carboxylic acids is 3. The number of carbonyl (C=O) groups is 3. The van der Waals surface area contributed by atoms with Crippen LogP contribution in [0, 0.1) is 19.3 Å². The highest BCUT2D eigenvalue weighted by Gasteiger charge is 2.67. The first-order valence-corrected chi connectivity index (χ1v) is 15.2. The van der Waals surface area contributed by atoms with Crippen molar-refractivity contribution in [2.24, 2.45) is 5.41 Å².